The van der Waals surface area contributed by atoms with Crippen molar-refractivity contribution in [1.29, 1.82) is 0 Å². The highest BCUT2D eigenvalue weighted by Gasteiger charge is 2.18. The van der Waals surface area contributed by atoms with Crippen LogP contribution in [0.25, 0.3) is 0 Å². The number of anilines is 1. The maximum atomic E-state index is 12.6. The van der Waals surface area contributed by atoms with Gasteiger partial charge in [0.05, 0.1) is 40.4 Å². The van der Waals surface area contributed by atoms with E-state index >= 15 is 0 Å². The Kier molecular flexibility index (Phi) is 6.65. The van der Waals surface area contributed by atoms with Crippen molar-refractivity contribution in [3.8, 4) is 17.2 Å². The molecule has 7 nitrogen and oxygen atoms in total. The summed E-state index contributed by atoms with van der Waals surface area (Å²) in [6.07, 6.45) is 0.0609. The van der Waals surface area contributed by atoms with Gasteiger partial charge >= 0.3 is 5.97 Å². The summed E-state index contributed by atoms with van der Waals surface area (Å²) in [7, 11) is 5.85. The minimum absolute atomic E-state index is 0.0609. The molecule has 1 N–H and O–H groups in total. The number of hydrogen-bond donors (Lipinski definition) is 1. The minimum Gasteiger partial charge on any atom is -0.493 e. The van der Waals surface area contributed by atoms with Crippen molar-refractivity contribution in [2.24, 2.45) is 0 Å². The van der Waals surface area contributed by atoms with Gasteiger partial charge in [0.2, 0.25) is 11.7 Å². The summed E-state index contributed by atoms with van der Waals surface area (Å²) in [5, 5.41) is 2.82. The summed E-state index contributed by atoms with van der Waals surface area (Å²) in [6, 6.07) is 8.45. The van der Waals surface area contributed by atoms with E-state index in [1.54, 1.807) is 30.3 Å². The van der Waals surface area contributed by atoms with Crippen molar-refractivity contribution in [2.45, 2.75) is 13.3 Å². The lowest BCUT2D eigenvalue weighted by molar-refractivity contribution is -0.115. The third-order valence-corrected chi connectivity index (χ3v) is 4.07. The van der Waals surface area contributed by atoms with E-state index in [-0.39, 0.29) is 12.3 Å². The van der Waals surface area contributed by atoms with Crippen LogP contribution in [0.3, 0.4) is 0 Å². The number of nitrogens with one attached hydrogen (secondary N) is 1. The lowest BCUT2D eigenvalue weighted by Crippen LogP contribution is -2.16. The second-order valence-corrected chi connectivity index (χ2v) is 5.74. The molecule has 0 radical (unpaired) electrons. The molecule has 0 aliphatic heterocycles. The number of amides is 1. The molecule has 0 saturated carbocycles. The molecular weight excluding hydrogens is 350 g/mol. The number of hydrogen-bond acceptors (Lipinski definition) is 6. The summed E-state index contributed by atoms with van der Waals surface area (Å²) in [5.74, 6) is 0.652. The highest BCUT2D eigenvalue weighted by atomic mass is 16.5. The molecule has 27 heavy (non-hydrogen) atoms. The predicted octanol–water partition coefficient (Wildman–Crippen LogP) is 2.99. The number of carbonyl (C=O) groups is 2. The SMILES string of the molecule is COC(=O)c1ccc(C)c(NC(=O)Cc2ccc(OC)c(OC)c2OC)c1. The Labute approximate surface area is 158 Å². The predicted molar refractivity (Wildman–Crippen MR) is 101 cm³/mol. The van der Waals surface area contributed by atoms with Crippen LogP contribution in [0.4, 0.5) is 5.69 Å². The van der Waals surface area contributed by atoms with Crippen LogP contribution < -0.4 is 19.5 Å². The van der Waals surface area contributed by atoms with Crippen molar-refractivity contribution in [2.75, 3.05) is 33.8 Å². The van der Waals surface area contributed by atoms with E-state index in [0.717, 1.165) is 5.56 Å². The maximum absolute atomic E-state index is 12.6. The molecule has 2 aromatic carbocycles. The quantitative estimate of drug-likeness (QED) is 0.752. The average molecular weight is 373 g/mol. The van der Waals surface area contributed by atoms with Gasteiger partial charge in [-0.25, -0.2) is 4.79 Å². The van der Waals surface area contributed by atoms with Crippen LogP contribution in [-0.4, -0.2) is 40.3 Å². The molecule has 0 fully saturated rings. The third-order valence-electron chi connectivity index (χ3n) is 4.07. The summed E-state index contributed by atoms with van der Waals surface area (Å²) >= 11 is 0. The monoisotopic (exact) mass is 373 g/mol. The van der Waals surface area contributed by atoms with Gasteiger partial charge < -0.3 is 24.3 Å². The zero-order chi connectivity index (χ0) is 20.0. The molecule has 0 heterocycles. The Morgan fingerprint density at radius 2 is 1.63 bits per heavy atom. The van der Waals surface area contributed by atoms with E-state index in [0.29, 0.717) is 34.1 Å². The normalized spacial score (nSPS) is 10.1. The van der Waals surface area contributed by atoms with E-state index in [4.69, 9.17) is 18.9 Å². The van der Waals surface area contributed by atoms with Gasteiger partial charge in [0.15, 0.2) is 11.5 Å². The molecular formula is C20H23NO6. The molecule has 0 aliphatic rings. The van der Waals surface area contributed by atoms with E-state index in [9.17, 15) is 9.59 Å². The van der Waals surface area contributed by atoms with Gasteiger partial charge in [0.25, 0.3) is 0 Å². The minimum atomic E-state index is -0.466. The van der Waals surface area contributed by atoms with Crippen LogP contribution in [0.1, 0.15) is 21.5 Å². The van der Waals surface area contributed by atoms with Gasteiger partial charge in [-0.05, 0) is 30.7 Å². The molecule has 0 aromatic heterocycles. The Hall–Kier alpha value is -3.22. The summed E-state index contributed by atoms with van der Waals surface area (Å²) in [5.41, 5.74) is 2.38. The highest BCUT2D eigenvalue weighted by Crippen LogP contribution is 2.40. The van der Waals surface area contributed by atoms with Crippen molar-refractivity contribution in [3.63, 3.8) is 0 Å². The van der Waals surface area contributed by atoms with Crippen molar-refractivity contribution in [3.05, 3.63) is 47.0 Å². The van der Waals surface area contributed by atoms with Gasteiger partial charge in [-0.2, -0.15) is 0 Å². The molecule has 0 spiro atoms. The molecule has 2 aromatic rings. The number of methoxy groups -OCH3 is 4. The molecule has 0 saturated heterocycles. The van der Waals surface area contributed by atoms with Gasteiger partial charge in [-0.15, -0.1) is 0 Å². The van der Waals surface area contributed by atoms with Crippen LogP contribution >= 0.6 is 0 Å². The van der Waals surface area contributed by atoms with Gasteiger partial charge in [-0.1, -0.05) is 12.1 Å². The first-order valence-corrected chi connectivity index (χ1v) is 8.21. The van der Waals surface area contributed by atoms with Crippen LogP contribution in [0.5, 0.6) is 17.2 Å². The van der Waals surface area contributed by atoms with E-state index in [1.165, 1.54) is 28.4 Å². The Balaban J connectivity index is 2.25. The molecule has 7 heteroatoms. The summed E-state index contributed by atoms with van der Waals surface area (Å²) < 4.78 is 20.7. The van der Waals surface area contributed by atoms with Crippen LogP contribution in [0.15, 0.2) is 30.3 Å². The van der Waals surface area contributed by atoms with Crippen LogP contribution in [-0.2, 0) is 16.0 Å². The zero-order valence-corrected chi connectivity index (χ0v) is 16.0. The number of esters is 1. The fourth-order valence-corrected chi connectivity index (χ4v) is 2.67. The number of benzene rings is 2. The van der Waals surface area contributed by atoms with Crippen LogP contribution in [0, 0.1) is 6.92 Å². The fourth-order valence-electron chi connectivity index (χ4n) is 2.67. The van der Waals surface area contributed by atoms with Gasteiger partial charge in [0.1, 0.15) is 0 Å². The Bertz CT molecular complexity index is 847. The smallest absolute Gasteiger partial charge is 0.337 e. The lowest BCUT2D eigenvalue weighted by Gasteiger charge is -2.16. The standard InChI is InChI=1S/C20H23NO6/c1-12-6-7-14(20(23)27-5)10-15(12)21-17(22)11-13-8-9-16(24-2)19(26-4)18(13)25-3/h6-10H,11H2,1-5H3,(H,21,22). The second-order valence-electron chi connectivity index (χ2n) is 5.74. The number of aryl methyl sites for hydroxylation is 1. The van der Waals surface area contributed by atoms with Crippen molar-refractivity contribution < 1.29 is 28.5 Å². The molecule has 0 unspecified atom stereocenters. The van der Waals surface area contributed by atoms with E-state index < -0.39 is 5.97 Å². The third kappa shape index (κ3) is 4.49. The average Bonchev–Trinajstić information content (AvgIpc) is 2.68. The zero-order valence-electron chi connectivity index (χ0n) is 16.0. The number of carbonyl (C=O) groups excluding carboxylic acids is 2. The first-order valence-electron chi connectivity index (χ1n) is 8.21. The van der Waals surface area contributed by atoms with Crippen LogP contribution in [0.2, 0.25) is 0 Å². The lowest BCUT2D eigenvalue weighted by atomic mass is 10.1. The Morgan fingerprint density at radius 3 is 2.22 bits per heavy atom. The number of ether oxygens (including phenoxy) is 4. The summed E-state index contributed by atoms with van der Waals surface area (Å²) in [4.78, 5) is 24.2. The van der Waals surface area contributed by atoms with Gasteiger partial charge in [-0.3, -0.25) is 4.79 Å². The first kappa shape index (κ1) is 20.1. The molecule has 144 valence electrons. The maximum Gasteiger partial charge on any atom is 0.337 e. The molecule has 0 atom stereocenters. The first-order chi connectivity index (χ1) is 12.9. The largest absolute Gasteiger partial charge is 0.493 e. The molecule has 1 amide bonds. The van der Waals surface area contributed by atoms with Gasteiger partial charge in [0, 0.05) is 11.3 Å². The Morgan fingerprint density at radius 1 is 0.926 bits per heavy atom. The molecule has 0 aliphatic carbocycles. The second kappa shape index (κ2) is 8.93. The fraction of sp³-hybridized carbons (Fsp3) is 0.300. The van der Waals surface area contributed by atoms with Crippen molar-refractivity contribution >= 4 is 17.6 Å². The molecule has 2 rings (SSSR count). The number of rotatable bonds is 7. The summed E-state index contributed by atoms with van der Waals surface area (Å²) in [6.45, 7) is 1.84. The van der Waals surface area contributed by atoms with Crippen molar-refractivity contribution in [1.82, 2.24) is 0 Å². The van der Waals surface area contributed by atoms with E-state index in [2.05, 4.69) is 5.32 Å². The molecule has 0 bridgehead atoms. The highest BCUT2D eigenvalue weighted by molar-refractivity contribution is 5.96. The van der Waals surface area contributed by atoms with E-state index in [1.807, 2.05) is 6.92 Å². The topological polar surface area (TPSA) is 83.1 Å².